The van der Waals surface area contributed by atoms with Crippen molar-refractivity contribution in [3.8, 4) is 0 Å². The van der Waals surface area contributed by atoms with Crippen LogP contribution in [0.3, 0.4) is 0 Å². The number of unbranched alkanes of at least 4 members (excludes halogenated alkanes) is 1. The highest BCUT2D eigenvalue weighted by Gasteiger charge is 2.26. The molecule has 0 aliphatic carbocycles. The molecule has 2 rings (SSSR count). The predicted octanol–water partition coefficient (Wildman–Crippen LogP) is 2.56. The largest absolute Gasteiger partial charge is 0.362 e. The van der Waals surface area contributed by atoms with Gasteiger partial charge in [-0.3, -0.25) is 0 Å². The summed E-state index contributed by atoms with van der Waals surface area (Å²) in [5.74, 6) is 0. The lowest BCUT2D eigenvalue weighted by molar-refractivity contribution is 0.477. The molecule has 7 heteroatoms. The number of sulfonamides is 1. The molecule has 1 aromatic rings. The maximum absolute atomic E-state index is 12.4. The molecule has 5 nitrogen and oxygen atoms in total. The van der Waals surface area contributed by atoms with Gasteiger partial charge >= 0.3 is 0 Å². The normalized spacial score (nSPS) is 15.7. The monoisotopic (exact) mass is 341 g/mol. The third-order valence-corrected chi connectivity index (χ3v) is 5.79. The molecule has 0 atom stereocenters. The Morgan fingerprint density at radius 2 is 1.86 bits per heavy atom. The molecule has 0 saturated carbocycles. The van der Waals surface area contributed by atoms with Crippen molar-refractivity contribution in [3.63, 3.8) is 0 Å². The van der Waals surface area contributed by atoms with Gasteiger partial charge in [-0.2, -0.15) is 4.31 Å². The number of nitrogens with zero attached hydrogens (tertiary/aromatic N) is 1. The molecule has 0 amide bonds. The summed E-state index contributed by atoms with van der Waals surface area (Å²) < 4.78 is 26.4. The average molecular weight is 342 g/mol. The van der Waals surface area contributed by atoms with Gasteiger partial charge in [0.2, 0.25) is 10.0 Å². The smallest absolute Gasteiger partial charge is 0.243 e. The number of rotatable bonds is 6. The molecular formula is C15H23N3O2S2. The molecule has 0 aromatic heterocycles. The van der Waals surface area contributed by atoms with Crippen molar-refractivity contribution in [2.24, 2.45) is 0 Å². The average Bonchev–Trinajstić information content (AvgIpc) is 3.03. The Hall–Kier alpha value is -1.18. The van der Waals surface area contributed by atoms with E-state index in [4.69, 9.17) is 12.2 Å². The van der Waals surface area contributed by atoms with Gasteiger partial charge in [-0.05, 0) is 55.7 Å². The fourth-order valence-corrected chi connectivity index (χ4v) is 4.08. The van der Waals surface area contributed by atoms with E-state index in [-0.39, 0.29) is 0 Å². The van der Waals surface area contributed by atoms with E-state index >= 15 is 0 Å². The van der Waals surface area contributed by atoms with E-state index < -0.39 is 10.0 Å². The van der Waals surface area contributed by atoms with Gasteiger partial charge in [0.1, 0.15) is 0 Å². The van der Waals surface area contributed by atoms with Crippen LogP contribution in [-0.2, 0) is 10.0 Å². The fraction of sp³-hybridized carbons (Fsp3) is 0.533. The maximum atomic E-state index is 12.4. The first-order valence-corrected chi connectivity index (χ1v) is 9.54. The zero-order valence-corrected chi connectivity index (χ0v) is 14.5. The van der Waals surface area contributed by atoms with Crippen LogP contribution in [0.1, 0.15) is 32.6 Å². The van der Waals surface area contributed by atoms with Crippen LogP contribution in [-0.4, -0.2) is 37.5 Å². The summed E-state index contributed by atoms with van der Waals surface area (Å²) in [7, 11) is -3.34. The summed E-state index contributed by atoms with van der Waals surface area (Å²) in [5, 5.41) is 6.74. The molecule has 2 N–H and O–H groups in total. The van der Waals surface area contributed by atoms with Crippen LogP contribution in [0.5, 0.6) is 0 Å². The summed E-state index contributed by atoms with van der Waals surface area (Å²) >= 11 is 5.19. The number of hydrogen-bond donors (Lipinski definition) is 2. The van der Waals surface area contributed by atoms with Crippen molar-refractivity contribution in [3.05, 3.63) is 24.3 Å². The Morgan fingerprint density at radius 1 is 1.23 bits per heavy atom. The van der Waals surface area contributed by atoms with Crippen LogP contribution < -0.4 is 10.6 Å². The van der Waals surface area contributed by atoms with Crippen molar-refractivity contribution < 1.29 is 8.42 Å². The Bertz CT molecular complexity index is 594. The van der Waals surface area contributed by atoms with E-state index in [1.807, 2.05) is 0 Å². The first-order chi connectivity index (χ1) is 10.5. The standard InChI is InChI=1S/C15H23N3O2S2/c1-2-3-10-16-15(21)17-13-6-8-14(9-7-13)22(19,20)18-11-4-5-12-18/h6-9H,2-5,10-12H2,1H3,(H2,16,17,21). The van der Waals surface area contributed by atoms with Gasteiger partial charge in [-0.25, -0.2) is 8.42 Å². The van der Waals surface area contributed by atoms with Crippen molar-refractivity contribution in [2.75, 3.05) is 25.0 Å². The lowest BCUT2D eigenvalue weighted by atomic mass is 10.3. The molecule has 0 radical (unpaired) electrons. The summed E-state index contributed by atoms with van der Waals surface area (Å²) in [4.78, 5) is 0.338. The molecule has 1 aliphatic heterocycles. The van der Waals surface area contributed by atoms with Gasteiger partial charge in [0, 0.05) is 25.3 Å². The van der Waals surface area contributed by atoms with Crippen molar-refractivity contribution in [1.29, 1.82) is 0 Å². The zero-order valence-electron chi connectivity index (χ0n) is 12.8. The van der Waals surface area contributed by atoms with E-state index in [1.165, 1.54) is 0 Å². The van der Waals surface area contributed by atoms with Crippen LogP contribution in [0.2, 0.25) is 0 Å². The third-order valence-electron chi connectivity index (χ3n) is 3.63. The minimum absolute atomic E-state index is 0.338. The number of anilines is 1. The second kappa shape index (κ2) is 7.89. The number of thiocarbonyl (C=S) groups is 1. The quantitative estimate of drug-likeness (QED) is 0.615. The first kappa shape index (κ1) is 17.2. The lowest BCUT2D eigenvalue weighted by Gasteiger charge is -2.16. The Kier molecular flexibility index (Phi) is 6.16. The predicted molar refractivity (Wildman–Crippen MR) is 93.6 cm³/mol. The third kappa shape index (κ3) is 4.41. The lowest BCUT2D eigenvalue weighted by Crippen LogP contribution is -2.29. The second-order valence-electron chi connectivity index (χ2n) is 5.37. The van der Waals surface area contributed by atoms with Crippen LogP contribution in [0.15, 0.2) is 29.2 Å². The topological polar surface area (TPSA) is 61.4 Å². The minimum atomic E-state index is -3.34. The van der Waals surface area contributed by atoms with Crippen LogP contribution in [0, 0.1) is 0 Å². The minimum Gasteiger partial charge on any atom is -0.362 e. The summed E-state index contributed by atoms with van der Waals surface area (Å²) in [6, 6.07) is 6.75. The molecule has 1 saturated heterocycles. The van der Waals surface area contributed by atoms with E-state index in [0.29, 0.717) is 23.1 Å². The van der Waals surface area contributed by atoms with Crippen LogP contribution in [0.4, 0.5) is 5.69 Å². The highest BCUT2D eigenvalue weighted by molar-refractivity contribution is 7.89. The zero-order chi connectivity index (χ0) is 16.0. The summed E-state index contributed by atoms with van der Waals surface area (Å²) in [6.45, 7) is 4.20. The Morgan fingerprint density at radius 3 is 2.45 bits per heavy atom. The number of benzene rings is 1. The van der Waals surface area contributed by atoms with Crippen LogP contribution >= 0.6 is 12.2 Å². The van der Waals surface area contributed by atoms with Gasteiger partial charge in [0.25, 0.3) is 0 Å². The second-order valence-corrected chi connectivity index (χ2v) is 7.72. The highest BCUT2D eigenvalue weighted by Crippen LogP contribution is 2.22. The maximum Gasteiger partial charge on any atom is 0.243 e. The Balaban J connectivity index is 1.96. The van der Waals surface area contributed by atoms with Crippen molar-refractivity contribution in [2.45, 2.75) is 37.5 Å². The molecule has 0 unspecified atom stereocenters. The number of hydrogen-bond acceptors (Lipinski definition) is 3. The molecule has 1 heterocycles. The van der Waals surface area contributed by atoms with E-state index in [1.54, 1.807) is 28.6 Å². The van der Waals surface area contributed by atoms with Gasteiger partial charge in [0.15, 0.2) is 5.11 Å². The summed E-state index contributed by atoms with van der Waals surface area (Å²) in [6.07, 6.45) is 4.06. The SMILES string of the molecule is CCCCNC(=S)Nc1ccc(S(=O)(=O)N2CCCC2)cc1. The van der Waals surface area contributed by atoms with E-state index in [0.717, 1.165) is 37.9 Å². The molecule has 0 bridgehead atoms. The van der Waals surface area contributed by atoms with E-state index in [2.05, 4.69) is 17.6 Å². The van der Waals surface area contributed by atoms with Gasteiger partial charge < -0.3 is 10.6 Å². The van der Waals surface area contributed by atoms with E-state index in [9.17, 15) is 8.42 Å². The molecular weight excluding hydrogens is 318 g/mol. The van der Waals surface area contributed by atoms with Crippen molar-refractivity contribution in [1.82, 2.24) is 9.62 Å². The molecule has 22 heavy (non-hydrogen) atoms. The molecule has 122 valence electrons. The molecule has 0 spiro atoms. The fourth-order valence-electron chi connectivity index (χ4n) is 2.34. The molecule has 1 fully saturated rings. The van der Waals surface area contributed by atoms with Gasteiger partial charge in [-0.15, -0.1) is 0 Å². The molecule has 1 aliphatic rings. The first-order valence-electron chi connectivity index (χ1n) is 7.69. The highest BCUT2D eigenvalue weighted by atomic mass is 32.2. The van der Waals surface area contributed by atoms with Crippen LogP contribution in [0.25, 0.3) is 0 Å². The van der Waals surface area contributed by atoms with Gasteiger partial charge in [-0.1, -0.05) is 13.3 Å². The number of nitrogens with one attached hydrogen (secondary N) is 2. The van der Waals surface area contributed by atoms with Gasteiger partial charge in [0.05, 0.1) is 4.90 Å². The summed E-state index contributed by atoms with van der Waals surface area (Å²) in [5.41, 5.74) is 0.786. The van der Waals surface area contributed by atoms with Crippen molar-refractivity contribution >= 4 is 33.0 Å². The Labute approximate surface area is 138 Å². The molecule has 1 aromatic carbocycles.